The molecule has 1 aromatic carbocycles. The summed E-state index contributed by atoms with van der Waals surface area (Å²) in [6.07, 6.45) is 5.29. The molecule has 2 aromatic heterocycles. The first-order valence-electron chi connectivity index (χ1n) is 8.55. The van der Waals surface area contributed by atoms with Crippen LogP contribution in [0.5, 0.6) is 0 Å². The maximum Gasteiger partial charge on any atom is 0.259 e. The molecule has 0 spiro atoms. The van der Waals surface area contributed by atoms with Crippen LogP contribution in [0.2, 0.25) is 0 Å². The average molecular weight is 349 g/mol. The largest absolute Gasteiger partial charge is 0.322 e. The fourth-order valence-corrected chi connectivity index (χ4v) is 3.10. The molecule has 0 saturated heterocycles. The lowest BCUT2D eigenvalue weighted by atomic mass is 10.2. The number of hydrogen-bond donors (Lipinski definition) is 1. The van der Waals surface area contributed by atoms with Crippen LogP contribution in [-0.2, 0) is 4.79 Å². The van der Waals surface area contributed by atoms with Gasteiger partial charge >= 0.3 is 0 Å². The van der Waals surface area contributed by atoms with Gasteiger partial charge in [-0.25, -0.2) is 9.50 Å². The van der Waals surface area contributed by atoms with E-state index in [9.17, 15) is 9.59 Å². The molecule has 0 radical (unpaired) electrons. The first kappa shape index (κ1) is 16.3. The van der Waals surface area contributed by atoms with Crippen molar-refractivity contribution in [2.75, 3.05) is 10.2 Å². The molecule has 3 aromatic rings. The number of carbonyl (C=O) groups excluding carboxylic acids is 2. The summed E-state index contributed by atoms with van der Waals surface area (Å²) in [6.45, 7) is 3.41. The van der Waals surface area contributed by atoms with E-state index in [1.807, 2.05) is 24.0 Å². The molecule has 2 heterocycles. The summed E-state index contributed by atoms with van der Waals surface area (Å²) >= 11 is 0. The van der Waals surface area contributed by atoms with E-state index in [2.05, 4.69) is 15.4 Å². The minimum absolute atomic E-state index is 0.0403. The maximum absolute atomic E-state index is 12.6. The monoisotopic (exact) mass is 349 g/mol. The van der Waals surface area contributed by atoms with Crippen molar-refractivity contribution in [2.45, 2.75) is 32.7 Å². The third kappa shape index (κ3) is 2.92. The van der Waals surface area contributed by atoms with E-state index in [1.54, 1.807) is 42.0 Å². The minimum atomic E-state index is -0.245. The number of nitrogens with one attached hydrogen (secondary N) is 1. The zero-order chi connectivity index (χ0) is 18.3. The van der Waals surface area contributed by atoms with Crippen molar-refractivity contribution >= 4 is 28.8 Å². The predicted molar refractivity (Wildman–Crippen MR) is 98.3 cm³/mol. The molecule has 0 atom stereocenters. The van der Waals surface area contributed by atoms with Crippen molar-refractivity contribution in [3.05, 3.63) is 54.0 Å². The Balaban J connectivity index is 1.54. The lowest BCUT2D eigenvalue weighted by molar-refractivity contribution is -0.116. The standard InChI is InChI=1S/C19H19N5O2/c1-12-17(11-20-18-9-10-21-24(12)18)19(26)22-14-3-5-15(6-4-14)23(13(2)25)16-7-8-16/h3-6,9-11,16H,7-8H2,1-2H3,(H,22,26). The van der Waals surface area contributed by atoms with Crippen molar-refractivity contribution in [1.29, 1.82) is 0 Å². The Hall–Kier alpha value is -3.22. The average Bonchev–Trinajstić information content (AvgIpc) is 3.31. The highest BCUT2D eigenvalue weighted by molar-refractivity contribution is 6.05. The SMILES string of the molecule is CC(=O)N(c1ccc(NC(=O)c2cnc3ccnn3c2C)cc1)C1CC1. The van der Waals surface area contributed by atoms with Crippen LogP contribution in [-0.4, -0.2) is 32.5 Å². The molecule has 4 rings (SSSR count). The second-order valence-corrected chi connectivity index (χ2v) is 6.48. The number of amides is 2. The van der Waals surface area contributed by atoms with Crippen molar-refractivity contribution < 1.29 is 9.59 Å². The van der Waals surface area contributed by atoms with Gasteiger partial charge in [-0.15, -0.1) is 0 Å². The number of anilines is 2. The number of benzene rings is 1. The van der Waals surface area contributed by atoms with E-state index in [0.29, 0.717) is 22.9 Å². The molecule has 1 fully saturated rings. The Bertz CT molecular complexity index is 989. The summed E-state index contributed by atoms with van der Waals surface area (Å²) in [5.41, 5.74) is 3.42. The van der Waals surface area contributed by atoms with E-state index in [0.717, 1.165) is 24.2 Å². The highest BCUT2D eigenvalue weighted by atomic mass is 16.2. The summed E-state index contributed by atoms with van der Waals surface area (Å²) in [7, 11) is 0. The molecule has 7 nitrogen and oxygen atoms in total. The smallest absolute Gasteiger partial charge is 0.259 e. The van der Waals surface area contributed by atoms with Crippen LogP contribution in [0, 0.1) is 6.92 Å². The number of rotatable bonds is 4. The molecular formula is C19H19N5O2. The fourth-order valence-electron chi connectivity index (χ4n) is 3.10. The Morgan fingerprint density at radius 2 is 1.92 bits per heavy atom. The molecule has 1 N–H and O–H groups in total. The maximum atomic E-state index is 12.6. The first-order valence-corrected chi connectivity index (χ1v) is 8.55. The van der Waals surface area contributed by atoms with Gasteiger partial charge in [0, 0.05) is 36.6 Å². The van der Waals surface area contributed by atoms with Crippen LogP contribution < -0.4 is 10.2 Å². The third-order valence-electron chi connectivity index (χ3n) is 4.56. The summed E-state index contributed by atoms with van der Waals surface area (Å²) in [4.78, 5) is 30.5. The van der Waals surface area contributed by atoms with E-state index in [4.69, 9.17) is 0 Å². The predicted octanol–water partition coefficient (Wildman–Crippen LogP) is 2.81. The lowest BCUT2D eigenvalue weighted by Gasteiger charge is -2.21. The molecule has 26 heavy (non-hydrogen) atoms. The molecule has 2 amide bonds. The highest BCUT2D eigenvalue weighted by Crippen LogP contribution is 2.32. The molecule has 0 aliphatic heterocycles. The van der Waals surface area contributed by atoms with Crippen LogP contribution in [0.15, 0.2) is 42.7 Å². The van der Waals surface area contributed by atoms with Gasteiger partial charge in [0.2, 0.25) is 5.91 Å². The van der Waals surface area contributed by atoms with Crippen molar-refractivity contribution in [1.82, 2.24) is 14.6 Å². The molecule has 1 aliphatic rings. The lowest BCUT2D eigenvalue weighted by Crippen LogP contribution is -2.30. The number of aryl methyl sites for hydroxylation is 1. The quantitative estimate of drug-likeness (QED) is 0.785. The van der Waals surface area contributed by atoms with E-state index in [-0.39, 0.29) is 11.8 Å². The highest BCUT2D eigenvalue weighted by Gasteiger charge is 2.31. The van der Waals surface area contributed by atoms with Crippen molar-refractivity contribution in [2.24, 2.45) is 0 Å². The van der Waals surface area contributed by atoms with Gasteiger partial charge < -0.3 is 10.2 Å². The van der Waals surface area contributed by atoms with Crippen LogP contribution in [0.1, 0.15) is 35.8 Å². The number of aromatic nitrogens is 3. The summed E-state index contributed by atoms with van der Waals surface area (Å²) in [5, 5.41) is 7.05. The van der Waals surface area contributed by atoms with E-state index in [1.165, 1.54) is 0 Å². The zero-order valence-corrected chi connectivity index (χ0v) is 14.6. The Kier molecular flexibility index (Phi) is 3.91. The normalized spacial score (nSPS) is 13.6. The van der Waals surface area contributed by atoms with Gasteiger partial charge in [-0.05, 0) is 44.0 Å². The van der Waals surface area contributed by atoms with Crippen molar-refractivity contribution in [3.63, 3.8) is 0 Å². The second-order valence-electron chi connectivity index (χ2n) is 6.48. The number of nitrogens with zero attached hydrogens (tertiary/aromatic N) is 4. The third-order valence-corrected chi connectivity index (χ3v) is 4.56. The van der Waals surface area contributed by atoms with Gasteiger partial charge in [-0.2, -0.15) is 5.10 Å². The molecule has 0 unspecified atom stereocenters. The topological polar surface area (TPSA) is 79.6 Å². The Morgan fingerprint density at radius 3 is 2.58 bits per heavy atom. The molecule has 7 heteroatoms. The molecule has 0 bridgehead atoms. The Morgan fingerprint density at radius 1 is 1.19 bits per heavy atom. The number of hydrogen-bond acceptors (Lipinski definition) is 4. The molecular weight excluding hydrogens is 330 g/mol. The zero-order valence-electron chi connectivity index (χ0n) is 14.6. The second kappa shape index (κ2) is 6.25. The summed E-state index contributed by atoms with van der Waals surface area (Å²) < 4.78 is 1.64. The van der Waals surface area contributed by atoms with E-state index >= 15 is 0 Å². The van der Waals surface area contributed by atoms with E-state index < -0.39 is 0 Å². The van der Waals surface area contributed by atoms with Gasteiger partial charge in [0.25, 0.3) is 5.91 Å². The van der Waals surface area contributed by atoms with Gasteiger partial charge in [0.15, 0.2) is 5.65 Å². The molecule has 1 saturated carbocycles. The summed E-state index contributed by atoms with van der Waals surface area (Å²) in [6, 6.07) is 9.42. The van der Waals surface area contributed by atoms with Crippen LogP contribution in [0.25, 0.3) is 5.65 Å². The number of carbonyl (C=O) groups is 2. The van der Waals surface area contributed by atoms with Gasteiger partial charge in [0.05, 0.1) is 17.5 Å². The van der Waals surface area contributed by atoms with Gasteiger partial charge in [-0.3, -0.25) is 9.59 Å². The molecule has 1 aliphatic carbocycles. The van der Waals surface area contributed by atoms with Crippen LogP contribution in [0.4, 0.5) is 11.4 Å². The van der Waals surface area contributed by atoms with Crippen molar-refractivity contribution in [3.8, 4) is 0 Å². The fraction of sp³-hybridized carbons (Fsp3) is 0.263. The van der Waals surface area contributed by atoms with Crippen LogP contribution in [0.3, 0.4) is 0 Å². The Labute approximate surface area is 150 Å². The van der Waals surface area contributed by atoms with Crippen LogP contribution >= 0.6 is 0 Å². The summed E-state index contributed by atoms with van der Waals surface area (Å²) in [5.74, 6) is -0.204. The number of fused-ring (bicyclic) bond motifs is 1. The molecule has 132 valence electrons. The first-order chi connectivity index (χ1) is 12.5. The minimum Gasteiger partial charge on any atom is -0.322 e. The van der Waals surface area contributed by atoms with Gasteiger partial charge in [0.1, 0.15) is 0 Å². The van der Waals surface area contributed by atoms with Gasteiger partial charge in [-0.1, -0.05) is 0 Å².